The molecule has 0 aromatic rings. The van der Waals surface area contributed by atoms with Crippen LogP contribution in [0.3, 0.4) is 0 Å². The number of carboxylic acid groups (broad SMARTS) is 1. The molecule has 0 rings (SSSR count). The van der Waals surface area contributed by atoms with Gasteiger partial charge in [-0.25, -0.2) is 4.79 Å². The van der Waals surface area contributed by atoms with Crippen LogP contribution >= 0.6 is 0 Å². The molecule has 0 spiro atoms. The first kappa shape index (κ1) is 17.3. The molecule has 8 nitrogen and oxygen atoms in total. The molecule has 0 fully saturated rings. The molecule has 0 bridgehead atoms. The van der Waals surface area contributed by atoms with E-state index < -0.39 is 36.5 Å². The molecule has 0 aliphatic heterocycles. The lowest BCUT2D eigenvalue weighted by atomic mass is 9.99. The molecular formula is C11H21N3O5. The summed E-state index contributed by atoms with van der Waals surface area (Å²) in [6, 6.07) is -2.10. The van der Waals surface area contributed by atoms with Crippen LogP contribution in [-0.4, -0.2) is 53.2 Å². The Morgan fingerprint density at radius 2 is 1.89 bits per heavy atom. The summed E-state index contributed by atoms with van der Waals surface area (Å²) in [4.78, 5) is 33.7. The van der Waals surface area contributed by atoms with Gasteiger partial charge in [0.25, 0.3) is 0 Å². The fraction of sp³-hybridized carbons (Fsp3) is 0.727. The number of aliphatic carboxylic acids is 1. The Bertz CT molecular complexity index is 334. The number of aliphatic hydroxyl groups is 1. The summed E-state index contributed by atoms with van der Waals surface area (Å²) in [6.07, 6.45) is 0.596. The summed E-state index contributed by atoms with van der Waals surface area (Å²) < 4.78 is 0. The molecule has 3 unspecified atom stereocenters. The zero-order valence-corrected chi connectivity index (χ0v) is 11.0. The van der Waals surface area contributed by atoms with Crippen molar-refractivity contribution >= 4 is 17.8 Å². The second kappa shape index (κ2) is 8.44. The first-order valence-corrected chi connectivity index (χ1v) is 5.99. The number of carbonyl (C=O) groups is 3. The maximum atomic E-state index is 11.5. The molecule has 0 aromatic heterocycles. The Labute approximate surface area is 111 Å². The van der Waals surface area contributed by atoms with E-state index in [4.69, 9.17) is 15.9 Å². The van der Waals surface area contributed by atoms with Gasteiger partial charge in [-0.05, 0) is 5.92 Å². The quantitative estimate of drug-likeness (QED) is 0.348. The molecule has 0 heterocycles. The Morgan fingerprint density at radius 3 is 2.32 bits per heavy atom. The van der Waals surface area contributed by atoms with Crippen molar-refractivity contribution in [3.8, 4) is 0 Å². The molecule has 19 heavy (non-hydrogen) atoms. The van der Waals surface area contributed by atoms with Gasteiger partial charge in [-0.3, -0.25) is 9.59 Å². The Morgan fingerprint density at radius 1 is 1.32 bits per heavy atom. The van der Waals surface area contributed by atoms with Gasteiger partial charge in [0.1, 0.15) is 12.1 Å². The van der Waals surface area contributed by atoms with E-state index in [-0.39, 0.29) is 12.5 Å². The minimum Gasteiger partial charge on any atom is -0.480 e. The molecule has 0 radical (unpaired) electrons. The molecule has 2 amide bonds. The maximum absolute atomic E-state index is 11.5. The van der Waals surface area contributed by atoms with E-state index in [1.165, 1.54) is 0 Å². The zero-order chi connectivity index (χ0) is 15.0. The predicted octanol–water partition coefficient (Wildman–Crippen LogP) is -1.96. The molecule has 0 saturated heterocycles. The number of carbonyl (C=O) groups excluding carboxylic acids is 2. The number of nitrogens with two attached hydrogens (primary N) is 1. The van der Waals surface area contributed by atoms with Gasteiger partial charge in [0.15, 0.2) is 0 Å². The molecule has 0 aliphatic rings. The first-order chi connectivity index (χ1) is 8.83. The number of aliphatic hydroxyl groups excluding tert-OH is 1. The van der Waals surface area contributed by atoms with Gasteiger partial charge in [-0.2, -0.15) is 0 Å². The highest BCUT2D eigenvalue weighted by Gasteiger charge is 2.25. The van der Waals surface area contributed by atoms with Crippen LogP contribution in [0.15, 0.2) is 0 Å². The van der Waals surface area contributed by atoms with Crippen LogP contribution in [0.25, 0.3) is 0 Å². The number of carboxylic acids is 1. The van der Waals surface area contributed by atoms with E-state index in [1.807, 2.05) is 6.92 Å². The minimum atomic E-state index is -1.12. The maximum Gasteiger partial charge on any atom is 0.326 e. The molecule has 3 atom stereocenters. The minimum absolute atomic E-state index is 0.225. The number of hydrogen-bond acceptors (Lipinski definition) is 5. The summed E-state index contributed by atoms with van der Waals surface area (Å²) >= 11 is 0. The smallest absolute Gasteiger partial charge is 0.326 e. The lowest BCUT2D eigenvalue weighted by molar-refractivity contribution is -0.143. The van der Waals surface area contributed by atoms with Crippen molar-refractivity contribution in [1.29, 1.82) is 0 Å². The SMILES string of the molecule is CCC(C)C(NC(=O)CNC(=O)C(N)CO)C(=O)O. The lowest BCUT2D eigenvalue weighted by Crippen LogP contribution is -2.50. The van der Waals surface area contributed by atoms with Crippen molar-refractivity contribution in [3.63, 3.8) is 0 Å². The van der Waals surface area contributed by atoms with Crippen molar-refractivity contribution in [3.05, 3.63) is 0 Å². The van der Waals surface area contributed by atoms with Crippen LogP contribution in [0.5, 0.6) is 0 Å². The summed E-state index contributed by atoms with van der Waals surface area (Å²) in [5.74, 6) is -2.64. The Hall–Kier alpha value is -1.67. The van der Waals surface area contributed by atoms with Gasteiger partial charge in [0.2, 0.25) is 11.8 Å². The normalized spacial score (nSPS) is 15.2. The highest BCUT2D eigenvalue weighted by Crippen LogP contribution is 2.07. The summed E-state index contributed by atoms with van der Waals surface area (Å²) in [7, 11) is 0. The summed E-state index contributed by atoms with van der Waals surface area (Å²) in [5.41, 5.74) is 5.23. The molecule has 0 aliphatic carbocycles. The standard InChI is InChI=1S/C11H21N3O5/c1-3-6(2)9(11(18)19)14-8(16)4-13-10(17)7(12)5-15/h6-7,9,15H,3-5,12H2,1-2H3,(H,13,17)(H,14,16)(H,18,19). The molecule has 8 heteroatoms. The van der Waals surface area contributed by atoms with Crippen LogP contribution in [-0.2, 0) is 14.4 Å². The van der Waals surface area contributed by atoms with Gasteiger partial charge >= 0.3 is 5.97 Å². The summed E-state index contributed by atoms with van der Waals surface area (Å²) in [6.45, 7) is 2.61. The molecule has 110 valence electrons. The van der Waals surface area contributed by atoms with E-state index in [0.29, 0.717) is 6.42 Å². The van der Waals surface area contributed by atoms with Gasteiger partial charge in [0, 0.05) is 0 Å². The molecule has 6 N–H and O–H groups in total. The summed E-state index contributed by atoms with van der Waals surface area (Å²) in [5, 5.41) is 22.1. The largest absolute Gasteiger partial charge is 0.480 e. The highest BCUT2D eigenvalue weighted by molar-refractivity contribution is 5.89. The van der Waals surface area contributed by atoms with Gasteiger partial charge < -0.3 is 26.6 Å². The number of amides is 2. The van der Waals surface area contributed by atoms with Gasteiger partial charge in [-0.15, -0.1) is 0 Å². The number of rotatable bonds is 8. The monoisotopic (exact) mass is 275 g/mol. The molecule has 0 saturated carbocycles. The third-order valence-corrected chi connectivity index (χ3v) is 2.75. The van der Waals surface area contributed by atoms with Crippen LogP contribution in [0.1, 0.15) is 20.3 Å². The van der Waals surface area contributed by atoms with E-state index >= 15 is 0 Å². The lowest BCUT2D eigenvalue weighted by Gasteiger charge is -2.20. The van der Waals surface area contributed by atoms with Crippen molar-refractivity contribution in [2.24, 2.45) is 11.7 Å². The Balaban J connectivity index is 4.28. The molecule has 0 aromatic carbocycles. The molecular weight excluding hydrogens is 254 g/mol. The van der Waals surface area contributed by atoms with Crippen LogP contribution < -0.4 is 16.4 Å². The van der Waals surface area contributed by atoms with Crippen LogP contribution in [0.2, 0.25) is 0 Å². The topological polar surface area (TPSA) is 142 Å². The van der Waals surface area contributed by atoms with Crippen LogP contribution in [0.4, 0.5) is 0 Å². The first-order valence-electron chi connectivity index (χ1n) is 5.99. The highest BCUT2D eigenvalue weighted by atomic mass is 16.4. The van der Waals surface area contributed by atoms with Gasteiger partial charge in [0.05, 0.1) is 13.2 Å². The third kappa shape index (κ3) is 6.16. The third-order valence-electron chi connectivity index (χ3n) is 2.75. The fourth-order valence-electron chi connectivity index (χ4n) is 1.29. The van der Waals surface area contributed by atoms with Gasteiger partial charge in [-0.1, -0.05) is 20.3 Å². The van der Waals surface area contributed by atoms with E-state index in [1.54, 1.807) is 6.92 Å². The van der Waals surface area contributed by atoms with Crippen molar-refractivity contribution in [2.45, 2.75) is 32.4 Å². The number of hydrogen-bond donors (Lipinski definition) is 5. The van der Waals surface area contributed by atoms with Crippen LogP contribution in [0, 0.1) is 5.92 Å². The predicted molar refractivity (Wildman–Crippen MR) is 67.1 cm³/mol. The average Bonchev–Trinajstić information content (AvgIpc) is 2.39. The van der Waals surface area contributed by atoms with Crippen molar-refractivity contribution in [1.82, 2.24) is 10.6 Å². The fourth-order valence-corrected chi connectivity index (χ4v) is 1.29. The average molecular weight is 275 g/mol. The van der Waals surface area contributed by atoms with E-state index in [0.717, 1.165) is 0 Å². The van der Waals surface area contributed by atoms with Crippen molar-refractivity contribution in [2.75, 3.05) is 13.2 Å². The van der Waals surface area contributed by atoms with E-state index in [2.05, 4.69) is 10.6 Å². The van der Waals surface area contributed by atoms with E-state index in [9.17, 15) is 14.4 Å². The number of nitrogens with one attached hydrogen (secondary N) is 2. The van der Waals surface area contributed by atoms with Crippen molar-refractivity contribution < 1.29 is 24.6 Å². The Kier molecular flexibility index (Phi) is 7.69. The zero-order valence-electron chi connectivity index (χ0n) is 11.0. The second-order valence-corrected chi connectivity index (χ2v) is 4.28. The second-order valence-electron chi connectivity index (χ2n) is 4.28.